The second kappa shape index (κ2) is 8.21. The minimum atomic E-state index is -0.623. The lowest BCUT2D eigenvalue weighted by Gasteiger charge is -2.30. The summed E-state index contributed by atoms with van der Waals surface area (Å²) < 4.78 is 5.59. The first-order chi connectivity index (χ1) is 9.16. The summed E-state index contributed by atoms with van der Waals surface area (Å²) in [6.45, 7) is 2.99. The summed E-state index contributed by atoms with van der Waals surface area (Å²) in [5, 5.41) is 2.86. The van der Waals surface area contributed by atoms with Gasteiger partial charge in [0.25, 0.3) is 0 Å². The second-order valence-electron chi connectivity index (χ2n) is 4.89. The molecule has 1 aromatic carbocycles. The lowest BCUT2D eigenvalue weighted by molar-refractivity contribution is -0.123. The quantitative estimate of drug-likeness (QED) is 0.852. The van der Waals surface area contributed by atoms with Crippen LogP contribution in [0.5, 0.6) is 0 Å². The number of carbonyl (C=O) groups excluding carboxylic acids is 1. The first kappa shape index (κ1) is 16.9. The standard InChI is InChI=1S/C14H21N3O2.ClH/c1-17-7-8-19-12(10-17)9-16-14(18)13(15)11-5-3-2-4-6-11;/h2-6,12-13H,7-10,15H2,1H3,(H,16,18);1H. The van der Waals surface area contributed by atoms with Gasteiger partial charge in [-0.1, -0.05) is 30.3 Å². The zero-order chi connectivity index (χ0) is 13.7. The van der Waals surface area contributed by atoms with Gasteiger partial charge in [-0.2, -0.15) is 0 Å². The number of benzene rings is 1. The van der Waals surface area contributed by atoms with Gasteiger partial charge >= 0.3 is 0 Å². The van der Waals surface area contributed by atoms with Crippen molar-refractivity contribution in [1.29, 1.82) is 0 Å². The van der Waals surface area contributed by atoms with E-state index in [1.165, 1.54) is 0 Å². The van der Waals surface area contributed by atoms with Crippen molar-refractivity contribution in [3.63, 3.8) is 0 Å². The molecule has 0 saturated carbocycles. The number of nitrogens with two attached hydrogens (primary N) is 1. The molecule has 20 heavy (non-hydrogen) atoms. The van der Waals surface area contributed by atoms with Gasteiger partial charge in [0, 0.05) is 19.6 Å². The highest BCUT2D eigenvalue weighted by Gasteiger charge is 2.20. The van der Waals surface area contributed by atoms with E-state index in [9.17, 15) is 4.79 Å². The Morgan fingerprint density at radius 2 is 2.20 bits per heavy atom. The molecule has 0 aliphatic carbocycles. The van der Waals surface area contributed by atoms with Gasteiger partial charge in [-0.15, -0.1) is 12.4 Å². The third-order valence-electron chi connectivity index (χ3n) is 3.29. The fourth-order valence-electron chi connectivity index (χ4n) is 2.13. The Morgan fingerprint density at radius 3 is 2.85 bits per heavy atom. The van der Waals surface area contributed by atoms with Crippen LogP contribution in [0.4, 0.5) is 0 Å². The summed E-state index contributed by atoms with van der Waals surface area (Å²) in [7, 11) is 2.05. The van der Waals surface area contributed by atoms with Gasteiger partial charge in [0.05, 0.1) is 12.7 Å². The number of hydrogen-bond donors (Lipinski definition) is 2. The molecule has 1 aliphatic rings. The molecule has 112 valence electrons. The zero-order valence-corrected chi connectivity index (χ0v) is 12.4. The molecular weight excluding hydrogens is 278 g/mol. The van der Waals surface area contributed by atoms with Crippen LogP contribution in [0.15, 0.2) is 30.3 Å². The van der Waals surface area contributed by atoms with E-state index in [-0.39, 0.29) is 24.4 Å². The number of ether oxygens (including phenoxy) is 1. The van der Waals surface area contributed by atoms with E-state index in [4.69, 9.17) is 10.5 Å². The largest absolute Gasteiger partial charge is 0.374 e. The van der Waals surface area contributed by atoms with Crippen molar-refractivity contribution in [1.82, 2.24) is 10.2 Å². The summed E-state index contributed by atoms with van der Waals surface area (Å²) in [4.78, 5) is 14.2. The van der Waals surface area contributed by atoms with Crippen LogP contribution in [0, 0.1) is 0 Å². The van der Waals surface area contributed by atoms with Crippen LogP contribution in [0.2, 0.25) is 0 Å². The number of carbonyl (C=O) groups is 1. The first-order valence-corrected chi connectivity index (χ1v) is 6.55. The SMILES string of the molecule is CN1CCOC(CNC(=O)C(N)c2ccccc2)C1.Cl. The molecule has 1 heterocycles. The Labute approximate surface area is 125 Å². The van der Waals surface area contributed by atoms with E-state index in [0.717, 1.165) is 18.7 Å². The number of halogens is 1. The van der Waals surface area contributed by atoms with Gasteiger partial charge in [-0.05, 0) is 12.6 Å². The molecule has 2 atom stereocenters. The van der Waals surface area contributed by atoms with Crippen molar-refractivity contribution in [3.8, 4) is 0 Å². The molecule has 0 bridgehead atoms. The van der Waals surface area contributed by atoms with E-state index in [1.54, 1.807) is 0 Å². The zero-order valence-electron chi connectivity index (χ0n) is 11.6. The van der Waals surface area contributed by atoms with Gasteiger partial charge in [0.1, 0.15) is 6.04 Å². The topological polar surface area (TPSA) is 67.6 Å². The highest BCUT2D eigenvalue weighted by atomic mass is 35.5. The van der Waals surface area contributed by atoms with Crippen LogP contribution in [-0.4, -0.2) is 50.2 Å². The van der Waals surface area contributed by atoms with E-state index < -0.39 is 6.04 Å². The Hall–Kier alpha value is -1.14. The van der Waals surface area contributed by atoms with Crippen LogP contribution in [-0.2, 0) is 9.53 Å². The molecular formula is C14H22ClN3O2. The summed E-state index contributed by atoms with van der Waals surface area (Å²) >= 11 is 0. The van der Waals surface area contributed by atoms with Crippen molar-refractivity contribution in [2.75, 3.05) is 33.3 Å². The van der Waals surface area contributed by atoms with E-state index in [1.807, 2.05) is 37.4 Å². The number of morpholine rings is 1. The number of nitrogens with zero attached hydrogens (tertiary/aromatic N) is 1. The molecule has 1 saturated heterocycles. The summed E-state index contributed by atoms with van der Waals surface area (Å²) in [6.07, 6.45) is 0.0469. The smallest absolute Gasteiger partial charge is 0.241 e. The van der Waals surface area contributed by atoms with Gasteiger partial charge in [-0.3, -0.25) is 4.79 Å². The van der Waals surface area contributed by atoms with Crippen molar-refractivity contribution in [3.05, 3.63) is 35.9 Å². The lowest BCUT2D eigenvalue weighted by atomic mass is 10.1. The fraction of sp³-hybridized carbons (Fsp3) is 0.500. The van der Waals surface area contributed by atoms with Crippen LogP contribution in [0.3, 0.4) is 0 Å². The van der Waals surface area contributed by atoms with Gasteiger partial charge in [-0.25, -0.2) is 0 Å². The van der Waals surface area contributed by atoms with E-state index in [0.29, 0.717) is 13.2 Å². The minimum Gasteiger partial charge on any atom is -0.374 e. The van der Waals surface area contributed by atoms with E-state index in [2.05, 4.69) is 10.2 Å². The number of rotatable bonds is 4. The molecule has 6 heteroatoms. The Morgan fingerprint density at radius 1 is 1.50 bits per heavy atom. The van der Waals surface area contributed by atoms with Crippen molar-refractivity contribution < 1.29 is 9.53 Å². The maximum Gasteiger partial charge on any atom is 0.241 e. The predicted octanol–water partition coefficient (Wildman–Crippen LogP) is 0.555. The molecule has 2 unspecified atom stereocenters. The van der Waals surface area contributed by atoms with Crippen LogP contribution >= 0.6 is 12.4 Å². The molecule has 0 radical (unpaired) electrons. The molecule has 3 N–H and O–H groups in total. The number of nitrogens with one attached hydrogen (secondary N) is 1. The molecule has 0 aromatic heterocycles. The molecule has 1 amide bonds. The second-order valence-corrected chi connectivity index (χ2v) is 4.89. The third kappa shape index (κ3) is 4.76. The van der Waals surface area contributed by atoms with Gasteiger partial charge < -0.3 is 20.7 Å². The predicted molar refractivity (Wildman–Crippen MR) is 80.9 cm³/mol. The van der Waals surface area contributed by atoms with E-state index >= 15 is 0 Å². The Kier molecular flexibility index (Phi) is 6.95. The molecule has 0 spiro atoms. The molecule has 1 aromatic rings. The number of hydrogen-bond acceptors (Lipinski definition) is 4. The maximum atomic E-state index is 12.0. The normalized spacial score (nSPS) is 20.8. The maximum absolute atomic E-state index is 12.0. The van der Waals surface area contributed by atoms with Crippen molar-refractivity contribution in [2.24, 2.45) is 5.73 Å². The molecule has 2 rings (SSSR count). The number of amides is 1. The minimum absolute atomic E-state index is 0. The summed E-state index contributed by atoms with van der Waals surface area (Å²) in [5.74, 6) is -0.164. The highest BCUT2D eigenvalue weighted by Crippen LogP contribution is 2.09. The Balaban J connectivity index is 0.00000200. The van der Waals surface area contributed by atoms with Crippen LogP contribution in [0.1, 0.15) is 11.6 Å². The fourth-order valence-corrected chi connectivity index (χ4v) is 2.13. The monoisotopic (exact) mass is 299 g/mol. The molecule has 5 nitrogen and oxygen atoms in total. The van der Waals surface area contributed by atoms with Crippen molar-refractivity contribution in [2.45, 2.75) is 12.1 Å². The van der Waals surface area contributed by atoms with Crippen LogP contribution < -0.4 is 11.1 Å². The highest BCUT2D eigenvalue weighted by molar-refractivity contribution is 5.85. The average Bonchev–Trinajstić information content (AvgIpc) is 2.45. The van der Waals surface area contributed by atoms with Crippen LogP contribution in [0.25, 0.3) is 0 Å². The number of likely N-dealkylation sites (N-methyl/N-ethyl adjacent to an activating group) is 1. The molecule has 1 fully saturated rings. The first-order valence-electron chi connectivity index (χ1n) is 6.55. The Bertz CT molecular complexity index is 416. The van der Waals surface area contributed by atoms with Gasteiger partial charge in [0.2, 0.25) is 5.91 Å². The lowest BCUT2D eigenvalue weighted by Crippen LogP contribution is -2.47. The van der Waals surface area contributed by atoms with Gasteiger partial charge in [0.15, 0.2) is 0 Å². The summed E-state index contributed by atoms with van der Waals surface area (Å²) in [5.41, 5.74) is 6.74. The average molecular weight is 300 g/mol. The third-order valence-corrected chi connectivity index (χ3v) is 3.29. The van der Waals surface area contributed by atoms with Crippen molar-refractivity contribution >= 4 is 18.3 Å². The summed E-state index contributed by atoms with van der Waals surface area (Å²) in [6, 6.07) is 8.75. The molecule has 1 aliphatic heterocycles.